The predicted octanol–water partition coefficient (Wildman–Crippen LogP) is 3.59. The summed E-state index contributed by atoms with van der Waals surface area (Å²) in [6.07, 6.45) is 8.58. The lowest BCUT2D eigenvalue weighted by Gasteiger charge is -2.34. The highest BCUT2D eigenvalue weighted by molar-refractivity contribution is 5.90. The van der Waals surface area contributed by atoms with Crippen molar-refractivity contribution in [1.82, 2.24) is 19.7 Å². The number of pyridine rings is 1. The second kappa shape index (κ2) is 9.35. The Kier molecular flexibility index (Phi) is 6.13. The largest absolute Gasteiger partial charge is 0.338 e. The fourth-order valence-electron chi connectivity index (χ4n) is 4.98. The van der Waals surface area contributed by atoms with E-state index in [-0.39, 0.29) is 11.9 Å². The third kappa shape index (κ3) is 4.78. The van der Waals surface area contributed by atoms with Gasteiger partial charge in [-0.1, -0.05) is 18.2 Å². The Labute approximate surface area is 195 Å². The number of nitrogens with one attached hydrogen (secondary N) is 1. The molecule has 0 radical (unpaired) electrons. The molecule has 0 atom stereocenters. The molecule has 1 aromatic carbocycles. The van der Waals surface area contributed by atoms with Crippen molar-refractivity contribution in [3.63, 3.8) is 0 Å². The Bertz CT molecular complexity index is 1030. The molecule has 3 aliphatic rings. The first-order valence-electron chi connectivity index (χ1n) is 11.8. The first-order valence-corrected chi connectivity index (χ1v) is 11.8. The van der Waals surface area contributed by atoms with E-state index < -0.39 is 0 Å². The summed E-state index contributed by atoms with van der Waals surface area (Å²) in [4.78, 5) is 35.8. The van der Waals surface area contributed by atoms with Crippen molar-refractivity contribution in [3.8, 4) is 0 Å². The summed E-state index contributed by atoms with van der Waals surface area (Å²) < 4.78 is 0. The number of fused-ring (bicyclic) bond motifs is 1. The van der Waals surface area contributed by atoms with Crippen LogP contribution in [-0.2, 0) is 17.9 Å². The Hall–Kier alpha value is -3.19. The van der Waals surface area contributed by atoms with E-state index in [9.17, 15) is 9.59 Å². The summed E-state index contributed by atoms with van der Waals surface area (Å²) in [6.45, 7) is 4.68. The Morgan fingerprint density at radius 3 is 2.42 bits per heavy atom. The van der Waals surface area contributed by atoms with Gasteiger partial charge in [-0.05, 0) is 79.9 Å². The van der Waals surface area contributed by atoms with Gasteiger partial charge in [0.1, 0.15) is 0 Å². The lowest BCUT2D eigenvalue weighted by molar-refractivity contribution is -0.136. The monoisotopic (exact) mass is 445 g/mol. The number of nitrogens with zero attached hydrogens (tertiary/aromatic N) is 4. The number of likely N-dealkylation sites (tertiary alicyclic amines) is 1. The summed E-state index contributed by atoms with van der Waals surface area (Å²) in [5.41, 5.74) is 5.47. The second-order valence-corrected chi connectivity index (χ2v) is 9.35. The average molecular weight is 446 g/mol. The quantitative estimate of drug-likeness (QED) is 0.784. The molecule has 1 aromatic heterocycles. The van der Waals surface area contributed by atoms with Crippen LogP contribution in [0.2, 0.25) is 0 Å². The van der Waals surface area contributed by atoms with Crippen molar-refractivity contribution < 1.29 is 9.59 Å². The molecular weight excluding hydrogens is 414 g/mol. The molecule has 0 saturated carbocycles. The summed E-state index contributed by atoms with van der Waals surface area (Å²) in [6, 6.07) is 9.89. The molecule has 33 heavy (non-hydrogen) atoms. The number of hydrogen-bond acceptors (Lipinski definition) is 4. The van der Waals surface area contributed by atoms with E-state index in [1.165, 1.54) is 5.57 Å². The van der Waals surface area contributed by atoms with Crippen molar-refractivity contribution in [1.29, 1.82) is 0 Å². The minimum absolute atomic E-state index is 0.0982. The molecule has 1 fully saturated rings. The Morgan fingerprint density at radius 1 is 0.970 bits per heavy atom. The molecule has 0 aliphatic carbocycles. The summed E-state index contributed by atoms with van der Waals surface area (Å²) >= 11 is 0. The third-order valence-electron chi connectivity index (χ3n) is 7.11. The number of urea groups is 1. The molecule has 4 heterocycles. The fraction of sp³-hybridized carbons (Fsp3) is 0.423. The summed E-state index contributed by atoms with van der Waals surface area (Å²) in [5.74, 6) is 0.495. The van der Waals surface area contributed by atoms with Gasteiger partial charge in [0.05, 0.1) is 0 Å². The first kappa shape index (κ1) is 21.6. The van der Waals surface area contributed by atoms with Gasteiger partial charge in [-0.25, -0.2) is 4.79 Å². The van der Waals surface area contributed by atoms with Crippen LogP contribution >= 0.6 is 0 Å². The highest BCUT2D eigenvalue weighted by atomic mass is 16.2. The highest BCUT2D eigenvalue weighted by Gasteiger charge is 2.28. The number of benzene rings is 1. The number of carbonyl (C=O) groups excluding carboxylic acids is 2. The van der Waals surface area contributed by atoms with Gasteiger partial charge in [0.2, 0.25) is 5.91 Å². The van der Waals surface area contributed by atoms with Gasteiger partial charge < -0.3 is 20.0 Å². The number of carbonyl (C=O) groups is 2. The topological polar surface area (TPSA) is 68.8 Å². The SMILES string of the molecule is CN1CCC(C(=O)N2CC=C(c3ccc(NC(=O)N4Cc5ccncc5C4)cc3)CC2)CC1. The van der Waals surface area contributed by atoms with E-state index in [2.05, 4.69) is 40.5 Å². The van der Waals surface area contributed by atoms with Gasteiger partial charge >= 0.3 is 6.03 Å². The molecule has 1 N–H and O–H groups in total. The molecule has 3 amide bonds. The lowest BCUT2D eigenvalue weighted by atomic mass is 9.93. The van der Waals surface area contributed by atoms with Crippen LogP contribution in [0, 0.1) is 5.92 Å². The molecular formula is C26H31N5O2. The first-order chi connectivity index (χ1) is 16.1. The normalized spacial score (nSPS) is 19.2. The van der Waals surface area contributed by atoms with E-state index in [1.54, 1.807) is 11.1 Å². The molecule has 0 spiro atoms. The zero-order chi connectivity index (χ0) is 22.8. The van der Waals surface area contributed by atoms with Crippen LogP contribution in [0.15, 0.2) is 48.8 Å². The number of anilines is 1. The van der Waals surface area contributed by atoms with Crippen LogP contribution in [0.4, 0.5) is 10.5 Å². The molecule has 2 aromatic rings. The summed E-state index contributed by atoms with van der Waals surface area (Å²) in [5, 5.41) is 3.00. The maximum Gasteiger partial charge on any atom is 0.322 e. The van der Waals surface area contributed by atoms with E-state index in [4.69, 9.17) is 0 Å². The zero-order valence-electron chi connectivity index (χ0n) is 19.2. The van der Waals surface area contributed by atoms with Crippen LogP contribution in [-0.4, -0.2) is 64.8 Å². The van der Waals surface area contributed by atoms with Crippen molar-refractivity contribution >= 4 is 23.2 Å². The molecule has 7 heteroatoms. The average Bonchev–Trinajstić information content (AvgIpc) is 3.29. The molecule has 5 rings (SSSR count). The van der Waals surface area contributed by atoms with E-state index in [0.717, 1.165) is 61.3 Å². The predicted molar refractivity (Wildman–Crippen MR) is 128 cm³/mol. The van der Waals surface area contributed by atoms with Crippen molar-refractivity contribution in [2.75, 3.05) is 38.5 Å². The molecule has 0 unspecified atom stereocenters. The molecule has 1 saturated heterocycles. The lowest BCUT2D eigenvalue weighted by Crippen LogP contribution is -2.43. The summed E-state index contributed by atoms with van der Waals surface area (Å²) in [7, 11) is 2.12. The van der Waals surface area contributed by atoms with Gasteiger partial charge in [-0.3, -0.25) is 9.78 Å². The van der Waals surface area contributed by atoms with Crippen LogP contribution < -0.4 is 5.32 Å². The minimum Gasteiger partial charge on any atom is -0.338 e. The van der Waals surface area contributed by atoms with Crippen molar-refractivity contribution in [3.05, 3.63) is 65.5 Å². The third-order valence-corrected chi connectivity index (χ3v) is 7.11. The van der Waals surface area contributed by atoms with Crippen LogP contribution in [0.3, 0.4) is 0 Å². The molecule has 7 nitrogen and oxygen atoms in total. The van der Waals surface area contributed by atoms with Gasteiger partial charge in [0.25, 0.3) is 0 Å². The van der Waals surface area contributed by atoms with Crippen LogP contribution in [0.25, 0.3) is 5.57 Å². The van der Waals surface area contributed by atoms with Crippen LogP contribution in [0.1, 0.15) is 36.0 Å². The van der Waals surface area contributed by atoms with Crippen molar-refractivity contribution in [2.45, 2.75) is 32.4 Å². The van der Waals surface area contributed by atoms with Gasteiger partial charge in [0.15, 0.2) is 0 Å². The maximum atomic E-state index is 12.9. The molecule has 172 valence electrons. The Balaban J connectivity index is 1.15. The maximum absolute atomic E-state index is 12.9. The minimum atomic E-state index is -0.0982. The zero-order valence-corrected chi connectivity index (χ0v) is 19.2. The number of piperidine rings is 1. The number of rotatable bonds is 3. The smallest absolute Gasteiger partial charge is 0.322 e. The standard InChI is InChI=1S/C26H31N5O2/c1-29-12-7-21(8-13-29)25(32)30-14-9-20(10-15-30)19-2-4-24(5-3-19)28-26(33)31-17-22-6-11-27-16-23(22)18-31/h2-6,9,11,16,21H,7-8,10,12-15,17-18H2,1H3,(H,28,33). The van der Waals surface area contributed by atoms with Crippen molar-refractivity contribution in [2.24, 2.45) is 5.92 Å². The Morgan fingerprint density at radius 2 is 1.73 bits per heavy atom. The van der Waals surface area contributed by atoms with Gasteiger partial charge in [-0.15, -0.1) is 0 Å². The highest BCUT2D eigenvalue weighted by Crippen LogP contribution is 2.27. The van der Waals surface area contributed by atoms with Crippen LogP contribution in [0.5, 0.6) is 0 Å². The van der Waals surface area contributed by atoms with E-state index in [0.29, 0.717) is 25.5 Å². The number of aromatic nitrogens is 1. The number of amides is 3. The number of hydrogen-bond donors (Lipinski definition) is 1. The molecule has 0 bridgehead atoms. The molecule has 3 aliphatic heterocycles. The van der Waals surface area contributed by atoms with E-state index in [1.807, 2.05) is 29.3 Å². The van der Waals surface area contributed by atoms with E-state index >= 15 is 0 Å². The van der Waals surface area contributed by atoms with Gasteiger partial charge in [0, 0.05) is 50.2 Å². The fourth-order valence-corrected chi connectivity index (χ4v) is 4.98. The van der Waals surface area contributed by atoms with Gasteiger partial charge in [-0.2, -0.15) is 0 Å². The second-order valence-electron chi connectivity index (χ2n) is 9.35.